The van der Waals surface area contributed by atoms with Gasteiger partial charge in [-0.15, -0.1) is 0 Å². The lowest BCUT2D eigenvalue weighted by Crippen LogP contribution is -2.37. The number of hydrogen-bond donors (Lipinski definition) is 2. The molecule has 5 heteroatoms. The van der Waals surface area contributed by atoms with Gasteiger partial charge in [0.05, 0.1) is 6.04 Å². The molecule has 3 aromatic rings. The lowest BCUT2D eigenvalue weighted by molar-refractivity contribution is -0.117. The molecule has 0 aliphatic rings. The van der Waals surface area contributed by atoms with Crippen molar-refractivity contribution in [3.05, 3.63) is 89.7 Å². The molecule has 0 bridgehead atoms. The Morgan fingerprint density at radius 1 is 0.967 bits per heavy atom. The van der Waals surface area contributed by atoms with E-state index in [9.17, 15) is 4.79 Å². The highest BCUT2D eigenvalue weighted by Gasteiger charge is 2.14. The van der Waals surface area contributed by atoms with Gasteiger partial charge in [-0.3, -0.25) is 9.78 Å². The molecular formula is C25H29N3O2. The number of hydrogen-bond acceptors (Lipinski definition) is 4. The molecule has 0 saturated heterocycles. The van der Waals surface area contributed by atoms with E-state index in [1.165, 1.54) is 18.4 Å². The topological polar surface area (TPSA) is 77.2 Å². The summed E-state index contributed by atoms with van der Waals surface area (Å²) in [5.41, 5.74) is 10.2. The number of carbonyl (C=O) groups is 1. The first kappa shape index (κ1) is 21.5. The normalized spacial score (nSPS) is 11.7. The lowest BCUT2D eigenvalue weighted by Gasteiger charge is -2.13. The summed E-state index contributed by atoms with van der Waals surface area (Å²) >= 11 is 0. The average molecular weight is 404 g/mol. The molecule has 0 spiro atoms. The van der Waals surface area contributed by atoms with Crippen LogP contribution in [0.4, 0.5) is 5.69 Å². The first-order chi connectivity index (χ1) is 14.6. The van der Waals surface area contributed by atoms with Crippen LogP contribution < -0.4 is 15.8 Å². The third-order valence-electron chi connectivity index (χ3n) is 4.91. The summed E-state index contributed by atoms with van der Waals surface area (Å²) in [6.45, 7) is 2.67. The van der Waals surface area contributed by atoms with Gasteiger partial charge in [-0.2, -0.15) is 0 Å². The molecule has 0 fully saturated rings. The van der Waals surface area contributed by atoms with Crippen LogP contribution in [0.3, 0.4) is 0 Å². The number of aryl methyl sites for hydroxylation is 1. The molecule has 0 aliphatic heterocycles. The summed E-state index contributed by atoms with van der Waals surface area (Å²) in [4.78, 5) is 16.4. The molecule has 1 heterocycles. The number of aromatic nitrogens is 1. The maximum atomic E-state index is 12.4. The maximum absolute atomic E-state index is 12.4. The summed E-state index contributed by atoms with van der Waals surface area (Å²) in [6.07, 6.45) is 7.36. The predicted molar refractivity (Wildman–Crippen MR) is 120 cm³/mol. The van der Waals surface area contributed by atoms with Crippen LogP contribution in [0, 0.1) is 0 Å². The van der Waals surface area contributed by atoms with E-state index in [2.05, 4.69) is 29.4 Å². The number of nitrogens with zero attached hydrogens (tertiary/aromatic N) is 1. The second-order valence-electron chi connectivity index (χ2n) is 7.39. The molecule has 0 saturated carbocycles. The van der Waals surface area contributed by atoms with Crippen molar-refractivity contribution in [1.29, 1.82) is 0 Å². The van der Waals surface area contributed by atoms with Crippen LogP contribution in [0.2, 0.25) is 0 Å². The SMILES string of the molecule is CCCCc1ccc(NC(=O)[C@@H](N)Cc2ccc(OCc3ccncc3)cc2)cc1. The Hall–Kier alpha value is -3.18. The first-order valence-electron chi connectivity index (χ1n) is 10.4. The van der Waals surface area contributed by atoms with Crippen molar-refractivity contribution in [3.8, 4) is 5.75 Å². The molecule has 1 atom stereocenters. The number of amides is 1. The average Bonchev–Trinajstić information content (AvgIpc) is 2.79. The van der Waals surface area contributed by atoms with Crippen LogP contribution in [0.25, 0.3) is 0 Å². The van der Waals surface area contributed by atoms with Gasteiger partial charge >= 0.3 is 0 Å². The lowest BCUT2D eigenvalue weighted by atomic mass is 10.1. The van der Waals surface area contributed by atoms with Gasteiger partial charge in [-0.05, 0) is 72.4 Å². The number of nitrogens with one attached hydrogen (secondary N) is 1. The fourth-order valence-electron chi connectivity index (χ4n) is 3.08. The van der Waals surface area contributed by atoms with Crippen molar-refractivity contribution >= 4 is 11.6 Å². The fourth-order valence-corrected chi connectivity index (χ4v) is 3.08. The molecule has 0 unspecified atom stereocenters. The van der Waals surface area contributed by atoms with Crippen LogP contribution in [-0.2, 0) is 24.2 Å². The molecule has 1 aromatic heterocycles. The highest BCUT2D eigenvalue weighted by Crippen LogP contribution is 2.16. The first-order valence-corrected chi connectivity index (χ1v) is 10.4. The van der Waals surface area contributed by atoms with Crippen molar-refractivity contribution in [1.82, 2.24) is 4.98 Å². The Labute approximate surface area is 178 Å². The van der Waals surface area contributed by atoms with Gasteiger partial charge in [0.2, 0.25) is 5.91 Å². The summed E-state index contributed by atoms with van der Waals surface area (Å²) in [6, 6.07) is 18.9. The van der Waals surface area contributed by atoms with Gasteiger partial charge in [0.25, 0.3) is 0 Å². The Kier molecular flexibility index (Phi) is 7.98. The summed E-state index contributed by atoms with van der Waals surface area (Å²) in [5.74, 6) is 0.589. The summed E-state index contributed by atoms with van der Waals surface area (Å²) in [5, 5.41) is 2.90. The minimum absolute atomic E-state index is 0.186. The predicted octanol–water partition coefficient (Wildman–Crippen LogP) is 4.51. The highest BCUT2D eigenvalue weighted by atomic mass is 16.5. The van der Waals surface area contributed by atoms with Crippen molar-refractivity contribution in [2.24, 2.45) is 5.73 Å². The molecular weight excluding hydrogens is 374 g/mol. The molecule has 3 N–H and O–H groups in total. The van der Waals surface area contributed by atoms with E-state index in [0.29, 0.717) is 13.0 Å². The monoisotopic (exact) mass is 403 g/mol. The van der Waals surface area contributed by atoms with E-state index >= 15 is 0 Å². The number of pyridine rings is 1. The third-order valence-corrected chi connectivity index (χ3v) is 4.91. The number of ether oxygens (including phenoxy) is 1. The number of anilines is 1. The Morgan fingerprint density at radius 3 is 2.30 bits per heavy atom. The second-order valence-corrected chi connectivity index (χ2v) is 7.39. The quantitative estimate of drug-likeness (QED) is 0.522. The number of nitrogens with two attached hydrogens (primary N) is 1. The zero-order valence-electron chi connectivity index (χ0n) is 17.4. The molecule has 5 nitrogen and oxygen atoms in total. The molecule has 2 aromatic carbocycles. The second kappa shape index (κ2) is 11.1. The molecule has 30 heavy (non-hydrogen) atoms. The molecule has 0 aliphatic carbocycles. The van der Waals surface area contributed by atoms with Gasteiger partial charge in [0.1, 0.15) is 12.4 Å². The van der Waals surface area contributed by atoms with Gasteiger partial charge < -0.3 is 15.8 Å². The van der Waals surface area contributed by atoms with E-state index in [0.717, 1.165) is 29.0 Å². The van der Waals surface area contributed by atoms with Crippen LogP contribution in [0.15, 0.2) is 73.1 Å². The summed E-state index contributed by atoms with van der Waals surface area (Å²) in [7, 11) is 0. The highest BCUT2D eigenvalue weighted by molar-refractivity contribution is 5.94. The zero-order valence-corrected chi connectivity index (χ0v) is 17.4. The Balaban J connectivity index is 1.47. The van der Waals surface area contributed by atoms with Gasteiger partial charge in [-0.1, -0.05) is 37.6 Å². The zero-order chi connectivity index (χ0) is 21.2. The van der Waals surface area contributed by atoms with Crippen LogP contribution in [0.1, 0.15) is 36.5 Å². The van der Waals surface area contributed by atoms with Gasteiger partial charge in [-0.25, -0.2) is 0 Å². The standard InChI is InChI=1S/C25H29N3O2/c1-2-3-4-19-5-9-22(10-6-19)28-25(29)24(26)17-20-7-11-23(12-8-20)30-18-21-13-15-27-16-14-21/h5-16,24H,2-4,17-18,26H2,1H3,(H,28,29)/t24-/m0/s1. The number of unbranched alkanes of at least 4 members (excludes halogenated alkanes) is 1. The van der Waals surface area contributed by atoms with E-state index in [-0.39, 0.29) is 5.91 Å². The minimum Gasteiger partial charge on any atom is -0.489 e. The van der Waals surface area contributed by atoms with Crippen molar-refractivity contribution in [3.63, 3.8) is 0 Å². The van der Waals surface area contributed by atoms with Crippen molar-refractivity contribution in [2.45, 2.75) is 45.3 Å². The smallest absolute Gasteiger partial charge is 0.241 e. The van der Waals surface area contributed by atoms with Crippen molar-refractivity contribution < 1.29 is 9.53 Å². The Morgan fingerprint density at radius 2 is 1.63 bits per heavy atom. The number of benzene rings is 2. The number of carbonyl (C=O) groups excluding carboxylic acids is 1. The summed E-state index contributed by atoms with van der Waals surface area (Å²) < 4.78 is 5.77. The largest absolute Gasteiger partial charge is 0.489 e. The molecule has 156 valence electrons. The van der Waals surface area contributed by atoms with Crippen molar-refractivity contribution in [2.75, 3.05) is 5.32 Å². The molecule has 1 amide bonds. The van der Waals surface area contributed by atoms with E-state index in [1.54, 1.807) is 12.4 Å². The maximum Gasteiger partial charge on any atom is 0.241 e. The molecule has 3 rings (SSSR count). The fraction of sp³-hybridized carbons (Fsp3) is 0.280. The molecule has 0 radical (unpaired) electrons. The van der Waals surface area contributed by atoms with Gasteiger partial charge in [0.15, 0.2) is 0 Å². The van der Waals surface area contributed by atoms with Gasteiger partial charge in [0, 0.05) is 18.1 Å². The van der Waals surface area contributed by atoms with E-state index in [1.807, 2.05) is 48.5 Å². The Bertz CT molecular complexity index is 909. The van der Waals surface area contributed by atoms with Crippen LogP contribution >= 0.6 is 0 Å². The minimum atomic E-state index is -0.617. The van der Waals surface area contributed by atoms with E-state index in [4.69, 9.17) is 10.5 Å². The third kappa shape index (κ3) is 6.71. The van der Waals surface area contributed by atoms with E-state index < -0.39 is 6.04 Å². The number of rotatable bonds is 10. The van der Waals surface area contributed by atoms with Crippen LogP contribution in [0.5, 0.6) is 5.75 Å². The van der Waals surface area contributed by atoms with Crippen LogP contribution in [-0.4, -0.2) is 16.9 Å².